The molecule has 4 fully saturated rings. The number of nitrogens with one attached hydrogen (secondary N) is 1. The summed E-state index contributed by atoms with van der Waals surface area (Å²) in [4.78, 5) is 22.2. The molecule has 1 atom stereocenters. The van der Waals surface area contributed by atoms with Crippen molar-refractivity contribution in [3.05, 3.63) is 0 Å². The van der Waals surface area contributed by atoms with Crippen LogP contribution in [0.4, 0.5) is 4.79 Å². The van der Waals surface area contributed by atoms with Crippen LogP contribution in [0, 0.1) is 29.6 Å². The second-order valence-corrected chi connectivity index (χ2v) is 6.72. The number of urea groups is 1. The monoisotopic (exact) mass is 266 g/mol. The van der Waals surface area contributed by atoms with Gasteiger partial charge in [0.15, 0.2) is 0 Å². The lowest BCUT2D eigenvalue weighted by Crippen LogP contribution is -2.55. The highest BCUT2D eigenvalue weighted by atomic mass is 16.4. The van der Waals surface area contributed by atoms with E-state index >= 15 is 0 Å². The van der Waals surface area contributed by atoms with Gasteiger partial charge in [-0.1, -0.05) is 0 Å². The van der Waals surface area contributed by atoms with Gasteiger partial charge in [-0.05, 0) is 61.7 Å². The molecule has 0 heterocycles. The summed E-state index contributed by atoms with van der Waals surface area (Å²) in [6, 6.07) is -0.884. The second-order valence-electron chi connectivity index (χ2n) is 6.72. The van der Waals surface area contributed by atoms with Crippen LogP contribution in [0.2, 0.25) is 0 Å². The number of hydrogen-bond acceptors (Lipinski definition) is 2. The number of primary amides is 1. The molecule has 0 spiro atoms. The molecule has 4 saturated carbocycles. The van der Waals surface area contributed by atoms with Gasteiger partial charge in [0.2, 0.25) is 0 Å². The number of hydrogen-bond donors (Lipinski definition) is 3. The van der Waals surface area contributed by atoms with Gasteiger partial charge in [0.1, 0.15) is 0 Å². The van der Waals surface area contributed by atoms with Crippen LogP contribution >= 0.6 is 0 Å². The Labute approximate surface area is 112 Å². The minimum atomic E-state index is -0.854. The standard InChI is InChI=1S/C14H22N2O3/c15-14(19)16-11(6-12(17)18)13-9-2-7-1-8(4-9)5-10(13)3-7/h7-11,13H,1-6H2,(H,17,18)(H3,15,16,19). The van der Waals surface area contributed by atoms with Crippen LogP contribution in [0.25, 0.3) is 0 Å². The third kappa shape index (κ3) is 2.42. The fraction of sp³-hybridized carbons (Fsp3) is 0.857. The van der Waals surface area contributed by atoms with E-state index in [1.165, 1.54) is 32.1 Å². The van der Waals surface area contributed by atoms with Gasteiger partial charge >= 0.3 is 12.0 Å². The maximum absolute atomic E-state index is 11.1. The molecule has 0 saturated heterocycles. The van der Waals surface area contributed by atoms with Crippen molar-refractivity contribution in [2.24, 2.45) is 35.3 Å². The van der Waals surface area contributed by atoms with Crippen molar-refractivity contribution in [2.75, 3.05) is 0 Å². The second kappa shape index (κ2) is 4.69. The maximum atomic E-state index is 11.1. The molecule has 19 heavy (non-hydrogen) atoms. The smallest absolute Gasteiger partial charge is 0.312 e. The Morgan fingerprint density at radius 2 is 1.63 bits per heavy atom. The van der Waals surface area contributed by atoms with Gasteiger partial charge in [-0.2, -0.15) is 0 Å². The predicted molar refractivity (Wildman–Crippen MR) is 69.3 cm³/mol. The van der Waals surface area contributed by atoms with Gasteiger partial charge in [0.05, 0.1) is 6.42 Å². The van der Waals surface area contributed by atoms with Crippen LogP contribution in [-0.2, 0) is 4.79 Å². The molecule has 0 aromatic rings. The van der Waals surface area contributed by atoms with E-state index in [4.69, 9.17) is 10.8 Å². The predicted octanol–water partition coefficient (Wildman–Crippen LogP) is 1.57. The van der Waals surface area contributed by atoms with E-state index in [1.807, 2.05) is 0 Å². The summed E-state index contributed by atoms with van der Waals surface area (Å²) in [6.07, 6.45) is 6.23. The van der Waals surface area contributed by atoms with E-state index in [2.05, 4.69) is 5.32 Å². The van der Waals surface area contributed by atoms with Gasteiger partial charge < -0.3 is 16.2 Å². The van der Waals surface area contributed by atoms with Crippen molar-refractivity contribution in [3.63, 3.8) is 0 Å². The molecule has 106 valence electrons. The van der Waals surface area contributed by atoms with Crippen LogP contribution in [0.1, 0.15) is 38.5 Å². The normalized spacial score (nSPS) is 40.9. The first kappa shape index (κ1) is 12.8. The zero-order chi connectivity index (χ0) is 13.6. The molecule has 0 aromatic carbocycles. The molecule has 4 bridgehead atoms. The molecule has 5 heteroatoms. The van der Waals surface area contributed by atoms with Crippen molar-refractivity contribution in [1.29, 1.82) is 0 Å². The van der Waals surface area contributed by atoms with E-state index in [1.54, 1.807) is 0 Å². The minimum Gasteiger partial charge on any atom is -0.481 e. The first-order valence-electron chi connectivity index (χ1n) is 7.30. The van der Waals surface area contributed by atoms with E-state index in [0.717, 1.165) is 11.8 Å². The Hall–Kier alpha value is -1.26. The number of carboxylic acids is 1. The van der Waals surface area contributed by atoms with Crippen LogP contribution < -0.4 is 11.1 Å². The Bertz CT molecular complexity index is 352. The molecule has 0 aromatic heterocycles. The topological polar surface area (TPSA) is 92.4 Å². The zero-order valence-corrected chi connectivity index (χ0v) is 11.0. The third-order valence-electron chi connectivity index (χ3n) is 5.49. The summed E-state index contributed by atoms with van der Waals surface area (Å²) in [5.74, 6) is 2.33. The number of carbonyl (C=O) groups excluding carboxylic acids is 1. The SMILES string of the molecule is NC(=O)NC(CC(=O)O)C1C2CC3CC(C2)CC1C3. The van der Waals surface area contributed by atoms with E-state index in [-0.39, 0.29) is 12.5 Å². The Morgan fingerprint density at radius 3 is 2.05 bits per heavy atom. The number of rotatable bonds is 4. The highest BCUT2D eigenvalue weighted by Gasteiger charge is 2.50. The average Bonchev–Trinajstić information content (AvgIpc) is 2.25. The van der Waals surface area contributed by atoms with E-state index in [9.17, 15) is 9.59 Å². The molecule has 0 radical (unpaired) electrons. The Balaban J connectivity index is 1.77. The highest BCUT2D eigenvalue weighted by molar-refractivity contribution is 5.74. The van der Waals surface area contributed by atoms with E-state index < -0.39 is 12.0 Å². The van der Waals surface area contributed by atoms with Crippen molar-refractivity contribution in [2.45, 2.75) is 44.6 Å². The van der Waals surface area contributed by atoms with Gasteiger partial charge in [0.25, 0.3) is 0 Å². The minimum absolute atomic E-state index is 0.00403. The molecule has 1 unspecified atom stereocenters. The number of amides is 2. The fourth-order valence-corrected chi connectivity index (χ4v) is 5.28. The zero-order valence-electron chi connectivity index (χ0n) is 11.0. The summed E-state index contributed by atoms with van der Waals surface area (Å²) >= 11 is 0. The number of aliphatic carboxylic acids is 1. The molecular weight excluding hydrogens is 244 g/mol. The van der Waals surface area contributed by atoms with Gasteiger partial charge in [0, 0.05) is 6.04 Å². The highest BCUT2D eigenvalue weighted by Crippen LogP contribution is 2.57. The van der Waals surface area contributed by atoms with Gasteiger partial charge in [-0.15, -0.1) is 0 Å². The number of carbonyl (C=O) groups is 2. The molecule has 4 aliphatic carbocycles. The number of carboxylic acid groups (broad SMARTS) is 1. The van der Waals surface area contributed by atoms with E-state index in [0.29, 0.717) is 17.8 Å². The molecule has 4 aliphatic rings. The van der Waals surface area contributed by atoms with Crippen LogP contribution in [-0.4, -0.2) is 23.1 Å². The van der Waals surface area contributed by atoms with Crippen molar-refractivity contribution in [1.82, 2.24) is 5.32 Å². The van der Waals surface area contributed by atoms with Gasteiger partial charge in [-0.25, -0.2) is 4.79 Å². The fourth-order valence-electron chi connectivity index (χ4n) is 5.28. The summed E-state index contributed by atoms with van der Waals surface area (Å²) < 4.78 is 0. The summed E-state index contributed by atoms with van der Waals surface area (Å²) in [6.45, 7) is 0. The third-order valence-corrected chi connectivity index (χ3v) is 5.49. The molecule has 5 nitrogen and oxygen atoms in total. The van der Waals surface area contributed by atoms with Crippen molar-refractivity contribution < 1.29 is 14.7 Å². The van der Waals surface area contributed by atoms with Crippen molar-refractivity contribution in [3.8, 4) is 0 Å². The summed E-state index contributed by atoms with van der Waals surface area (Å²) in [5.41, 5.74) is 5.22. The summed E-state index contributed by atoms with van der Waals surface area (Å²) in [7, 11) is 0. The number of nitrogens with two attached hydrogens (primary N) is 1. The first-order chi connectivity index (χ1) is 9.02. The first-order valence-corrected chi connectivity index (χ1v) is 7.30. The Kier molecular flexibility index (Phi) is 3.15. The van der Waals surface area contributed by atoms with Crippen LogP contribution in [0.5, 0.6) is 0 Å². The average molecular weight is 266 g/mol. The quantitative estimate of drug-likeness (QED) is 0.721. The van der Waals surface area contributed by atoms with Crippen molar-refractivity contribution >= 4 is 12.0 Å². The largest absolute Gasteiger partial charge is 0.481 e. The Morgan fingerprint density at radius 1 is 1.11 bits per heavy atom. The molecule has 2 amide bonds. The summed E-state index contributed by atoms with van der Waals surface area (Å²) in [5, 5.41) is 11.8. The lowest BCUT2D eigenvalue weighted by Gasteiger charge is -2.56. The molecule has 4 N–H and O–H groups in total. The van der Waals surface area contributed by atoms with Gasteiger partial charge in [-0.3, -0.25) is 4.79 Å². The maximum Gasteiger partial charge on any atom is 0.312 e. The molecule has 0 aliphatic heterocycles. The molecule has 4 rings (SSSR count). The van der Waals surface area contributed by atoms with Crippen LogP contribution in [0.3, 0.4) is 0 Å². The lowest BCUT2D eigenvalue weighted by molar-refractivity contribution is -0.139. The molecular formula is C14H22N2O3. The van der Waals surface area contributed by atoms with Crippen LogP contribution in [0.15, 0.2) is 0 Å². The lowest BCUT2D eigenvalue weighted by atomic mass is 9.50.